The Balaban J connectivity index is 2.41. The molecular formula is C14H23N3. The first-order chi connectivity index (χ1) is 7.81. The fourth-order valence-corrected chi connectivity index (χ4v) is 2.31. The Hall–Kier alpha value is -1.25. The second-order valence-electron chi connectivity index (χ2n) is 5.99. The van der Waals surface area contributed by atoms with Crippen molar-refractivity contribution >= 4 is 0 Å². The molecule has 1 aliphatic rings. The van der Waals surface area contributed by atoms with Crippen LogP contribution in [-0.2, 0) is 13.0 Å². The molecule has 0 N–H and O–H groups in total. The van der Waals surface area contributed by atoms with Gasteiger partial charge in [0.05, 0.1) is 12.2 Å². The second-order valence-corrected chi connectivity index (χ2v) is 5.99. The summed E-state index contributed by atoms with van der Waals surface area (Å²) in [6.07, 6.45) is 1.02. The van der Waals surface area contributed by atoms with Crippen molar-refractivity contribution < 1.29 is 0 Å². The maximum absolute atomic E-state index is 4.69. The van der Waals surface area contributed by atoms with Gasteiger partial charge in [0.15, 0.2) is 0 Å². The van der Waals surface area contributed by atoms with E-state index in [0.717, 1.165) is 18.7 Å². The Morgan fingerprint density at radius 1 is 1.41 bits per heavy atom. The van der Waals surface area contributed by atoms with Gasteiger partial charge in [0, 0.05) is 30.4 Å². The average Bonchev–Trinajstić information content (AvgIpc) is 2.56. The zero-order valence-electron chi connectivity index (χ0n) is 11.6. The van der Waals surface area contributed by atoms with Crippen molar-refractivity contribution in [1.82, 2.24) is 14.7 Å². The van der Waals surface area contributed by atoms with Crippen LogP contribution < -0.4 is 0 Å². The van der Waals surface area contributed by atoms with Gasteiger partial charge in [0.1, 0.15) is 0 Å². The topological polar surface area (TPSA) is 21.1 Å². The minimum absolute atomic E-state index is 0.111. The number of aromatic nitrogens is 2. The van der Waals surface area contributed by atoms with E-state index in [1.165, 1.54) is 11.4 Å². The molecule has 2 heterocycles. The number of hydrogen-bond donors (Lipinski definition) is 0. The minimum atomic E-state index is 0.111. The van der Waals surface area contributed by atoms with Crippen molar-refractivity contribution in [3.63, 3.8) is 0 Å². The molecule has 0 spiro atoms. The van der Waals surface area contributed by atoms with Gasteiger partial charge in [0.2, 0.25) is 0 Å². The zero-order chi connectivity index (χ0) is 12.8. The summed E-state index contributed by atoms with van der Waals surface area (Å²) in [6.45, 7) is 13.9. The minimum Gasteiger partial charge on any atom is -0.371 e. The highest BCUT2D eigenvalue weighted by Crippen LogP contribution is 2.28. The molecule has 0 unspecified atom stereocenters. The Morgan fingerprint density at radius 3 is 2.65 bits per heavy atom. The third kappa shape index (κ3) is 2.11. The van der Waals surface area contributed by atoms with Crippen LogP contribution in [-0.4, -0.2) is 27.3 Å². The van der Waals surface area contributed by atoms with Crippen molar-refractivity contribution in [3.8, 4) is 0 Å². The molecule has 17 heavy (non-hydrogen) atoms. The van der Waals surface area contributed by atoms with E-state index in [2.05, 4.69) is 62.1 Å². The Bertz CT molecular complexity index is 440. The molecule has 0 saturated carbocycles. The molecule has 0 amide bonds. The maximum atomic E-state index is 4.69. The summed E-state index contributed by atoms with van der Waals surface area (Å²) in [7, 11) is 2.12. The first-order valence-corrected chi connectivity index (χ1v) is 6.29. The average molecular weight is 233 g/mol. The third-order valence-corrected chi connectivity index (χ3v) is 3.80. The summed E-state index contributed by atoms with van der Waals surface area (Å²) in [5.74, 6) is 0.489. The molecule has 0 radical (unpaired) electrons. The van der Waals surface area contributed by atoms with Crippen LogP contribution in [0.15, 0.2) is 18.3 Å². The number of likely N-dealkylation sites (N-methyl/N-ethyl adjacent to an activating group) is 1. The lowest BCUT2D eigenvalue weighted by Crippen LogP contribution is -2.41. The predicted molar refractivity (Wildman–Crippen MR) is 71.0 cm³/mol. The summed E-state index contributed by atoms with van der Waals surface area (Å²) < 4.78 is 2.11. The van der Waals surface area contributed by atoms with E-state index in [-0.39, 0.29) is 5.54 Å². The van der Waals surface area contributed by atoms with Gasteiger partial charge in [-0.15, -0.1) is 0 Å². The van der Waals surface area contributed by atoms with E-state index < -0.39 is 0 Å². The van der Waals surface area contributed by atoms with Crippen LogP contribution in [0.1, 0.15) is 45.0 Å². The van der Waals surface area contributed by atoms with Crippen LogP contribution in [0, 0.1) is 0 Å². The van der Waals surface area contributed by atoms with Gasteiger partial charge in [-0.25, -0.2) is 0 Å². The molecule has 3 nitrogen and oxygen atoms in total. The van der Waals surface area contributed by atoms with Crippen LogP contribution in [0.3, 0.4) is 0 Å². The van der Waals surface area contributed by atoms with E-state index in [1.807, 2.05) is 0 Å². The zero-order valence-corrected chi connectivity index (χ0v) is 11.6. The quantitative estimate of drug-likeness (QED) is 0.743. The molecule has 2 rings (SSSR count). The van der Waals surface area contributed by atoms with Crippen molar-refractivity contribution in [3.05, 3.63) is 29.7 Å². The Labute approximate surface area is 104 Å². The van der Waals surface area contributed by atoms with Gasteiger partial charge in [-0.1, -0.05) is 20.4 Å². The van der Waals surface area contributed by atoms with Crippen molar-refractivity contribution in [2.45, 2.75) is 52.1 Å². The molecule has 0 fully saturated rings. The standard InChI is InChI=1S/C14H23N3/c1-10(2)13-7-12-8-14(4,5)16(6)11(3)9-17(12)15-13/h7,10H,3,8-9H2,1-2,4-6H3. The number of nitrogens with zero attached hydrogens (tertiary/aromatic N) is 3. The molecule has 0 atom stereocenters. The van der Waals surface area contributed by atoms with E-state index >= 15 is 0 Å². The summed E-state index contributed by atoms with van der Waals surface area (Å²) in [5.41, 5.74) is 3.75. The van der Waals surface area contributed by atoms with Gasteiger partial charge in [0.25, 0.3) is 0 Å². The highest BCUT2D eigenvalue weighted by Gasteiger charge is 2.30. The second kappa shape index (κ2) is 3.90. The van der Waals surface area contributed by atoms with Crippen LogP contribution in [0.2, 0.25) is 0 Å². The molecule has 94 valence electrons. The van der Waals surface area contributed by atoms with Crippen LogP contribution in [0.4, 0.5) is 0 Å². The van der Waals surface area contributed by atoms with Gasteiger partial charge >= 0.3 is 0 Å². The van der Waals surface area contributed by atoms with Gasteiger partial charge in [-0.3, -0.25) is 4.68 Å². The number of fused-ring (bicyclic) bond motifs is 1. The molecule has 0 aromatic carbocycles. The lowest BCUT2D eigenvalue weighted by atomic mass is 9.96. The van der Waals surface area contributed by atoms with Gasteiger partial charge in [-0.05, 0) is 25.8 Å². The van der Waals surface area contributed by atoms with Gasteiger partial charge in [-0.2, -0.15) is 5.10 Å². The van der Waals surface area contributed by atoms with Crippen molar-refractivity contribution in [2.75, 3.05) is 7.05 Å². The largest absolute Gasteiger partial charge is 0.371 e. The summed E-state index contributed by atoms with van der Waals surface area (Å²) >= 11 is 0. The molecular weight excluding hydrogens is 210 g/mol. The smallest absolute Gasteiger partial charge is 0.0805 e. The number of allylic oxidation sites excluding steroid dienone is 1. The molecule has 1 aromatic rings. The van der Waals surface area contributed by atoms with E-state index in [0.29, 0.717) is 5.92 Å². The highest BCUT2D eigenvalue weighted by atomic mass is 15.3. The van der Waals surface area contributed by atoms with Crippen molar-refractivity contribution in [2.24, 2.45) is 0 Å². The normalized spacial score (nSPS) is 19.4. The lowest BCUT2D eigenvalue weighted by Gasteiger charge is -2.36. The third-order valence-electron chi connectivity index (χ3n) is 3.80. The number of hydrogen-bond acceptors (Lipinski definition) is 2. The molecule has 0 saturated heterocycles. The van der Waals surface area contributed by atoms with E-state index in [4.69, 9.17) is 0 Å². The Kier molecular flexibility index (Phi) is 2.80. The highest BCUT2D eigenvalue weighted by molar-refractivity contribution is 5.20. The molecule has 0 aliphatic carbocycles. The summed E-state index contributed by atoms with van der Waals surface area (Å²) in [4.78, 5) is 2.27. The fourth-order valence-electron chi connectivity index (χ4n) is 2.31. The first-order valence-electron chi connectivity index (χ1n) is 6.29. The van der Waals surface area contributed by atoms with Crippen LogP contribution in [0.25, 0.3) is 0 Å². The SMILES string of the molecule is C=C1Cn2nc(C(C)C)cc2CC(C)(C)N1C. The fraction of sp³-hybridized carbons (Fsp3) is 0.643. The molecule has 3 heteroatoms. The monoisotopic (exact) mass is 233 g/mol. The molecule has 1 aromatic heterocycles. The Morgan fingerprint density at radius 2 is 2.06 bits per heavy atom. The lowest BCUT2D eigenvalue weighted by molar-refractivity contribution is 0.205. The molecule has 0 bridgehead atoms. The first kappa shape index (κ1) is 12.2. The van der Waals surface area contributed by atoms with Crippen LogP contribution >= 0.6 is 0 Å². The molecule has 1 aliphatic heterocycles. The summed E-state index contributed by atoms with van der Waals surface area (Å²) in [6, 6.07) is 2.25. The van der Waals surface area contributed by atoms with Crippen LogP contribution in [0.5, 0.6) is 0 Å². The van der Waals surface area contributed by atoms with Crippen molar-refractivity contribution in [1.29, 1.82) is 0 Å². The predicted octanol–water partition coefficient (Wildman–Crippen LogP) is 2.79. The van der Waals surface area contributed by atoms with E-state index in [1.54, 1.807) is 0 Å². The van der Waals surface area contributed by atoms with E-state index in [9.17, 15) is 0 Å². The maximum Gasteiger partial charge on any atom is 0.0805 e. The van der Waals surface area contributed by atoms with Gasteiger partial charge < -0.3 is 4.90 Å². The number of rotatable bonds is 1. The summed E-state index contributed by atoms with van der Waals surface area (Å²) in [5, 5.41) is 4.69.